The number of nitrogens with one attached hydrogen (secondary N) is 2. The van der Waals surface area contributed by atoms with Crippen molar-refractivity contribution in [3.8, 4) is 0 Å². The lowest BCUT2D eigenvalue weighted by atomic mass is 9.97. The first-order valence-corrected chi connectivity index (χ1v) is 16.3. The van der Waals surface area contributed by atoms with Gasteiger partial charge in [0.05, 0.1) is 13.1 Å². The number of fused-ring (bicyclic) bond motifs is 1. The van der Waals surface area contributed by atoms with E-state index < -0.39 is 65.8 Å². The highest BCUT2D eigenvalue weighted by atomic mass is 32.2. The predicted octanol–water partition coefficient (Wildman–Crippen LogP) is 0.0361. The van der Waals surface area contributed by atoms with Gasteiger partial charge in [-0.3, -0.25) is 28.9 Å². The van der Waals surface area contributed by atoms with Crippen LogP contribution in [0.1, 0.15) is 40.9 Å². The number of thioether (sulfide) groups is 2. The molecule has 18 heteroatoms. The molecular formula is C27H30N6O9S3. The normalized spacial score (nSPS) is 18.7. The van der Waals surface area contributed by atoms with Crippen LogP contribution in [0.2, 0.25) is 0 Å². The molecule has 3 amide bonds. The molecule has 1 aromatic heterocycles. The van der Waals surface area contributed by atoms with E-state index >= 15 is 0 Å². The zero-order chi connectivity index (χ0) is 32.8. The van der Waals surface area contributed by atoms with Gasteiger partial charge in [-0.15, -0.1) is 22.0 Å². The van der Waals surface area contributed by atoms with Gasteiger partial charge >= 0.3 is 11.9 Å². The number of carbonyl (C=O) groups excluding carboxylic acids is 6. The van der Waals surface area contributed by atoms with Crippen LogP contribution in [0, 0.1) is 6.92 Å². The molecule has 4 atom stereocenters. The van der Waals surface area contributed by atoms with Crippen LogP contribution in [0.15, 0.2) is 39.9 Å². The first-order valence-electron chi connectivity index (χ1n) is 13.5. The minimum Gasteiger partial charge on any atom is -0.426 e. The number of nitrogens with zero attached hydrogens (tertiary/aromatic N) is 3. The second-order valence-electron chi connectivity index (χ2n) is 9.70. The lowest BCUT2D eigenvalue weighted by Crippen LogP contribution is -2.71. The highest BCUT2D eigenvalue weighted by molar-refractivity contribution is 8.01. The summed E-state index contributed by atoms with van der Waals surface area (Å²) in [6.07, 6.45) is -3.04. The zero-order valence-electron chi connectivity index (χ0n) is 24.3. The molecule has 4 rings (SSSR count). The number of benzene rings is 1. The number of nitrogens with two attached hydrogens (primary N) is 1. The van der Waals surface area contributed by atoms with Gasteiger partial charge in [-0.05, 0) is 12.5 Å². The van der Waals surface area contributed by atoms with E-state index in [0.717, 1.165) is 11.9 Å². The third-order valence-corrected chi connectivity index (χ3v) is 9.85. The van der Waals surface area contributed by atoms with E-state index in [9.17, 15) is 33.9 Å². The molecule has 1 saturated heterocycles. The van der Waals surface area contributed by atoms with E-state index in [-0.39, 0.29) is 29.1 Å². The van der Waals surface area contributed by atoms with Crippen molar-refractivity contribution in [1.29, 1.82) is 0 Å². The van der Waals surface area contributed by atoms with Crippen molar-refractivity contribution >= 4 is 70.3 Å². The maximum Gasteiger partial charge on any atom is 0.358 e. The molecule has 0 radical (unpaired) electrons. The van der Waals surface area contributed by atoms with Crippen molar-refractivity contribution in [3.63, 3.8) is 0 Å². The Morgan fingerprint density at radius 1 is 1.20 bits per heavy atom. The molecule has 3 unspecified atom stereocenters. The number of ketones is 1. The van der Waals surface area contributed by atoms with E-state index in [1.165, 1.54) is 70.9 Å². The number of β-lactam (4-membered cyclic amide) rings is 1. The summed E-state index contributed by atoms with van der Waals surface area (Å²) < 4.78 is 10.9. The number of rotatable bonds is 13. The first kappa shape index (κ1) is 34.0. The quantitative estimate of drug-likeness (QED) is 0.0723. The highest BCUT2D eigenvalue weighted by Gasteiger charge is 2.55. The summed E-state index contributed by atoms with van der Waals surface area (Å²) in [5.74, 6) is -3.62. The van der Waals surface area contributed by atoms with Gasteiger partial charge < -0.3 is 30.9 Å². The topological polar surface area (TPSA) is 220 Å². The third-order valence-electron chi connectivity index (χ3n) is 6.46. The van der Waals surface area contributed by atoms with Crippen LogP contribution >= 0.6 is 34.9 Å². The fourth-order valence-corrected chi connectivity index (χ4v) is 7.74. The van der Waals surface area contributed by atoms with Crippen molar-refractivity contribution in [2.75, 3.05) is 24.6 Å². The van der Waals surface area contributed by atoms with Crippen LogP contribution in [0.5, 0.6) is 0 Å². The molecule has 3 heterocycles. The minimum absolute atomic E-state index is 0.00806. The second-order valence-corrected chi connectivity index (χ2v) is 13.2. The maximum absolute atomic E-state index is 13.4. The average Bonchev–Trinajstić information content (AvgIpc) is 3.44. The molecule has 2 aliphatic heterocycles. The fraction of sp³-hybridized carbons (Fsp3) is 0.407. The van der Waals surface area contributed by atoms with E-state index in [1.54, 1.807) is 0 Å². The number of amides is 3. The first-order chi connectivity index (χ1) is 21.4. The van der Waals surface area contributed by atoms with E-state index in [0.29, 0.717) is 15.7 Å². The molecule has 15 nitrogen and oxygen atoms in total. The van der Waals surface area contributed by atoms with Gasteiger partial charge in [-0.25, -0.2) is 4.79 Å². The number of hydrogen-bond acceptors (Lipinski definition) is 15. The number of carbonyl (C=O) groups is 6. The Balaban J connectivity index is 1.50. The van der Waals surface area contributed by atoms with Crippen LogP contribution in [-0.4, -0.2) is 97.9 Å². The zero-order valence-corrected chi connectivity index (χ0v) is 26.8. The van der Waals surface area contributed by atoms with Crippen LogP contribution in [0.4, 0.5) is 0 Å². The molecule has 1 fully saturated rings. The van der Waals surface area contributed by atoms with Crippen LogP contribution in [0.25, 0.3) is 0 Å². The number of Topliss-reactive ketones (excluding diaryl/α,β-unsaturated/α-hetero) is 1. The summed E-state index contributed by atoms with van der Waals surface area (Å²) in [4.78, 5) is 76.6. The van der Waals surface area contributed by atoms with Gasteiger partial charge in [-0.1, -0.05) is 47.4 Å². The molecule has 2 aliphatic rings. The van der Waals surface area contributed by atoms with Gasteiger partial charge in [0, 0.05) is 36.5 Å². The standard InChI is InChI=1S/C27H30N6O9S3/c1-12-31-32-27(45-12)44-11-15-10-43-25-20(24(39)33(25)21(15)26(40)42-14(3)41-13(2)34)30-23(38)22(37)17-7-5-4-6-16(17)18(35)9-29-19(36)8-28/h4-7,14,20,22,25,37H,8-11,28H2,1-3H3,(H,29,36)(H,30,38)/t14?,20?,22?,25-/m0/s1. The van der Waals surface area contributed by atoms with Crippen molar-refractivity contribution in [3.05, 3.63) is 51.7 Å². The molecule has 45 heavy (non-hydrogen) atoms. The summed E-state index contributed by atoms with van der Waals surface area (Å²) in [6, 6.07) is 4.75. The lowest BCUT2D eigenvalue weighted by molar-refractivity contribution is -0.182. The van der Waals surface area contributed by atoms with E-state index in [2.05, 4.69) is 20.8 Å². The van der Waals surface area contributed by atoms with Crippen LogP contribution in [0.3, 0.4) is 0 Å². The summed E-state index contributed by atoms with van der Waals surface area (Å²) in [7, 11) is 0. The van der Waals surface area contributed by atoms with Crippen LogP contribution in [-0.2, 0) is 33.4 Å². The highest BCUT2D eigenvalue weighted by Crippen LogP contribution is 2.42. The predicted molar refractivity (Wildman–Crippen MR) is 163 cm³/mol. The molecule has 0 saturated carbocycles. The van der Waals surface area contributed by atoms with Gasteiger partial charge in [0.15, 0.2) is 16.2 Å². The summed E-state index contributed by atoms with van der Waals surface area (Å²) in [5, 5.41) is 23.9. The molecule has 1 aromatic carbocycles. The second kappa shape index (κ2) is 15.0. The maximum atomic E-state index is 13.4. The fourth-order valence-electron chi connectivity index (χ4n) is 4.44. The number of ether oxygens (including phenoxy) is 2. The summed E-state index contributed by atoms with van der Waals surface area (Å²) >= 11 is 4.01. The molecule has 0 spiro atoms. The summed E-state index contributed by atoms with van der Waals surface area (Å²) in [6.45, 7) is 3.64. The lowest BCUT2D eigenvalue weighted by Gasteiger charge is -2.50. The molecule has 2 aromatic rings. The molecule has 0 aliphatic carbocycles. The van der Waals surface area contributed by atoms with Gasteiger partial charge in [0.2, 0.25) is 12.2 Å². The van der Waals surface area contributed by atoms with Crippen LogP contribution < -0.4 is 16.4 Å². The van der Waals surface area contributed by atoms with Gasteiger partial charge in [-0.2, -0.15) is 0 Å². The van der Waals surface area contributed by atoms with Crippen molar-refractivity contribution in [2.45, 2.75) is 48.9 Å². The Morgan fingerprint density at radius 2 is 1.93 bits per heavy atom. The Kier molecular flexibility index (Phi) is 11.3. The monoisotopic (exact) mass is 678 g/mol. The number of aliphatic hydroxyl groups excluding tert-OH is 1. The Morgan fingerprint density at radius 3 is 2.60 bits per heavy atom. The Labute approximate surface area is 269 Å². The molecule has 5 N–H and O–H groups in total. The number of aromatic nitrogens is 2. The minimum atomic E-state index is -1.82. The van der Waals surface area contributed by atoms with Gasteiger partial charge in [0.1, 0.15) is 22.1 Å². The van der Waals surface area contributed by atoms with E-state index in [4.69, 9.17) is 15.2 Å². The molecule has 240 valence electrons. The Hall–Kier alpha value is -3.84. The van der Waals surface area contributed by atoms with Crippen molar-refractivity contribution < 1.29 is 43.3 Å². The number of esters is 2. The van der Waals surface area contributed by atoms with Crippen molar-refractivity contribution in [1.82, 2.24) is 25.7 Å². The SMILES string of the molecule is CC(=O)OC(C)OC(=O)C1=C(CSc2nnc(C)s2)CS[C@H]2C(NC(=O)C(O)c3ccccc3C(=O)CNC(=O)CN)C(=O)N12. The van der Waals surface area contributed by atoms with Crippen molar-refractivity contribution in [2.24, 2.45) is 5.73 Å². The number of aliphatic hydroxyl groups is 1. The smallest absolute Gasteiger partial charge is 0.358 e. The number of aryl methyl sites for hydroxylation is 1. The number of hydrogen-bond donors (Lipinski definition) is 4. The third kappa shape index (κ3) is 8.06. The summed E-state index contributed by atoms with van der Waals surface area (Å²) in [5.41, 5.74) is 5.78. The largest absolute Gasteiger partial charge is 0.426 e. The Bertz CT molecular complexity index is 1550. The average molecular weight is 679 g/mol. The molecule has 0 bridgehead atoms. The van der Waals surface area contributed by atoms with E-state index in [1.807, 2.05) is 6.92 Å². The van der Waals surface area contributed by atoms with Gasteiger partial charge in [0.25, 0.3) is 11.8 Å². The molecular weight excluding hydrogens is 649 g/mol.